The maximum absolute atomic E-state index is 12.5. The van der Waals surface area contributed by atoms with Crippen LogP contribution in [0.3, 0.4) is 0 Å². The quantitative estimate of drug-likeness (QED) is 0.869. The van der Waals surface area contributed by atoms with Gasteiger partial charge in [0.15, 0.2) is 0 Å². The molecule has 0 spiro atoms. The molecule has 3 rings (SSSR count). The zero-order valence-corrected chi connectivity index (χ0v) is 15.3. The predicted molar refractivity (Wildman–Crippen MR) is 103 cm³/mol. The van der Waals surface area contributed by atoms with Gasteiger partial charge in [0.1, 0.15) is 0 Å². The lowest BCUT2D eigenvalue weighted by atomic mass is 10.0. The van der Waals surface area contributed by atoms with Crippen LogP contribution in [0.2, 0.25) is 0 Å². The Morgan fingerprint density at radius 1 is 0.889 bits per heavy atom. The van der Waals surface area contributed by atoms with Crippen LogP contribution in [0.5, 0.6) is 0 Å². The number of nitrogens with one attached hydrogen (secondary N) is 1. The fraction of sp³-hybridized carbons (Fsp3) is 0.286. The standard InChI is InChI=1S/C21H23N3O3/c1-14-2-4-17(5-3-14)21(27)24-12-10-18(11-13-24)23-20(26)16-8-6-15(7-9-16)19(22)25/h2-9,18H,10-13H2,1H3,(H2,22,25)(H,23,26). The molecule has 1 heterocycles. The van der Waals surface area contributed by atoms with E-state index in [0.29, 0.717) is 42.6 Å². The van der Waals surface area contributed by atoms with Crippen molar-refractivity contribution in [1.82, 2.24) is 10.2 Å². The highest BCUT2D eigenvalue weighted by Crippen LogP contribution is 2.15. The number of primary amides is 1. The van der Waals surface area contributed by atoms with Gasteiger partial charge in [-0.2, -0.15) is 0 Å². The minimum Gasteiger partial charge on any atom is -0.366 e. The van der Waals surface area contributed by atoms with Gasteiger partial charge in [0.2, 0.25) is 5.91 Å². The van der Waals surface area contributed by atoms with E-state index in [0.717, 1.165) is 5.56 Å². The first kappa shape index (κ1) is 18.6. The number of carbonyl (C=O) groups excluding carboxylic acids is 3. The van der Waals surface area contributed by atoms with E-state index in [1.165, 1.54) is 0 Å². The van der Waals surface area contributed by atoms with Crippen LogP contribution in [0.25, 0.3) is 0 Å². The smallest absolute Gasteiger partial charge is 0.253 e. The first-order valence-electron chi connectivity index (χ1n) is 9.01. The van der Waals surface area contributed by atoms with E-state index in [2.05, 4.69) is 5.32 Å². The van der Waals surface area contributed by atoms with Gasteiger partial charge in [0.25, 0.3) is 11.8 Å². The van der Waals surface area contributed by atoms with Crippen LogP contribution in [0.1, 0.15) is 49.5 Å². The van der Waals surface area contributed by atoms with Crippen molar-refractivity contribution < 1.29 is 14.4 Å². The van der Waals surface area contributed by atoms with E-state index in [9.17, 15) is 14.4 Å². The minimum absolute atomic E-state index is 0.0235. The van der Waals surface area contributed by atoms with Crippen molar-refractivity contribution in [3.63, 3.8) is 0 Å². The van der Waals surface area contributed by atoms with Gasteiger partial charge in [0.05, 0.1) is 0 Å². The lowest BCUT2D eigenvalue weighted by molar-refractivity contribution is 0.0697. The molecular formula is C21H23N3O3. The molecule has 1 fully saturated rings. The minimum atomic E-state index is -0.521. The van der Waals surface area contributed by atoms with Crippen LogP contribution >= 0.6 is 0 Å². The van der Waals surface area contributed by atoms with Crippen LogP contribution in [0, 0.1) is 6.92 Å². The normalized spacial score (nSPS) is 14.6. The van der Waals surface area contributed by atoms with Gasteiger partial charge in [-0.15, -0.1) is 0 Å². The van der Waals surface area contributed by atoms with E-state index in [-0.39, 0.29) is 17.9 Å². The van der Waals surface area contributed by atoms with Gasteiger partial charge in [-0.05, 0) is 56.2 Å². The maximum Gasteiger partial charge on any atom is 0.253 e. The number of piperidine rings is 1. The first-order chi connectivity index (χ1) is 12.9. The van der Waals surface area contributed by atoms with E-state index < -0.39 is 5.91 Å². The zero-order valence-electron chi connectivity index (χ0n) is 15.3. The van der Waals surface area contributed by atoms with Crippen LogP contribution in [-0.4, -0.2) is 41.8 Å². The van der Waals surface area contributed by atoms with Gasteiger partial charge >= 0.3 is 0 Å². The molecule has 140 valence electrons. The van der Waals surface area contributed by atoms with Gasteiger partial charge < -0.3 is 16.0 Å². The number of hydrogen-bond acceptors (Lipinski definition) is 3. The Balaban J connectivity index is 1.53. The Kier molecular flexibility index (Phi) is 5.54. The van der Waals surface area contributed by atoms with Crippen molar-refractivity contribution in [3.05, 3.63) is 70.8 Å². The van der Waals surface area contributed by atoms with E-state index in [1.54, 1.807) is 24.3 Å². The molecule has 2 aromatic carbocycles. The second kappa shape index (κ2) is 8.03. The summed E-state index contributed by atoms with van der Waals surface area (Å²) in [5, 5.41) is 3.00. The second-order valence-corrected chi connectivity index (χ2v) is 6.85. The number of nitrogens with two attached hydrogens (primary N) is 1. The summed E-state index contributed by atoms with van der Waals surface area (Å²) in [6, 6.07) is 13.9. The molecule has 6 heteroatoms. The third-order valence-electron chi connectivity index (χ3n) is 4.85. The van der Waals surface area contributed by atoms with Crippen LogP contribution in [-0.2, 0) is 0 Å². The third-order valence-corrected chi connectivity index (χ3v) is 4.85. The molecule has 1 aliphatic heterocycles. The molecule has 0 bridgehead atoms. The van der Waals surface area contributed by atoms with Crippen LogP contribution in [0.4, 0.5) is 0 Å². The number of carbonyl (C=O) groups is 3. The topological polar surface area (TPSA) is 92.5 Å². The number of amides is 3. The molecular weight excluding hydrogens is 342 g/mol. The first-order valence-corrected chi connectivity index (χ1v) is 9.01. The highest BCUT2D eigenvalue weighted by molar-refractivity contribution is 5.97. The van der Waals surface area contributed by atoms with Crippen molar-refractivity contribution in [2.24, 2.45) is 5.73 Å². The Hall–Kier alpha value is -3.15. The SMILES string of the molecule is Cc1ccc(C(=O)N2CCC(NC(=O)c3ccc(C(N)=O)cc3)CC2)cc1. The number of likely N-dealkylation sites (tertiary alicyclic amines) is 1. The summed E-state index contributed by atoms with van der Waals surface area (Å²) in [7, 11) is 0. The average Bonchev–Trinajstić information content (AvgIpc) is 2.68. The van der Waals surface area contributed by atoms with Crippen molar-refractivity contribution in [2.45, 2.75) is 25.8 Å². The van der Waals surface area contributed by atoms with E-state index in [1.807, 2.05) is 36.1 Å². The Labute approximate surface area is 158 Å². The average molecular weight is 365 g/mol. The summed E-state index contributed by atoms with van der Waals surface area (Å²) in [6.45, 7) is 3.21. The number of aryl methyl sites for hydroxylation is 1. The number of rotatable bonds is 4. The molecule has 0 unspecified atom stereocenters. The van der Waals surface area contributed by atoms with Gasteiger partial charge in [0, 0.05) is 35.8 Å². The number of benzene rings is 2. The lowest BCUT2D eigenvalue weighted by Gasteiger charge is -2.32. The Bertz CT molecular complexity index is 836. The van der Waals surface area contributed by atoms with Crippen molar-refractivity contribution in [2.75, 3.05) is 13.1 Å². The molecule has 0 aliphatic carbocycles. The molecule has 0 aromatic heterocycles. The van der Waals surface area contributed by atoms with Gasteiger partial charge in [-0.1, -0.05) is 17.7 Å². The van der Waals surface area contributed by atoms with Crippen molar-refractivity contribution in [3.8, 4) is 0 Å². The molecule has 1 aliphatic rings. The molecule has 1 saturated heterocycles. The fourth-order valence-electron chi connectivity index (χ4n) is 3.16. The third kappa shape index (κ3) is 4.53. The summed E-state index contributed by atoms with van der Waals surface area (Å²) >= 11 is 0. The monoisotopic (exact) mass is 365 g/mol. The molecule has 3 amide bonds. The zero-order chi connectivity index (χ0) is 19.4. The summed E-state index contributed by atoms with van der Waals surface area (Å²) in [5.74, 6) is -0.677. The van der Waals surface area contributed by atoms with Crippen molar-refractivity contribution >= 4 is 17.7 Å². The van der Waals surface area contributed by atoms with Gasteiger partial charge in [-0.25, -0.2) is 0 Å². The largest absolute Gasteiger partial charge is 0.366 e. The molecule has 0 radical (unpaired) electrons. The molecule has 27 heavy (non-hydrogen) atoms. The van der Waals surface area contributed by atoms with Crippen LogP contribution in [0.15, 0.2) is 48.5 Å². The maximum atomic E-state index is 12.5. The van der Waals surface area contributed by atoms with Crippen molar-refractivity contribution in [1.29, 1.82) is 0 Å². The fourth-order valence-corrected chi connectivity index (χ4v) is 3.16. The number of hydrogen-bond donors (Lipinski definition) is 2. The molecule has 3 N–H and O–H groups in total. The molecule has 0 saturated carbocycles. The lowest BCUT2D eigenvalue weighted by Crippen LogP contribution is -2.46. The number of nitrogens with zero attached hydrogens (tertiary/aromatic N) is 1. The summed E-state index contributed by atoms with van der Waals surface area (Å²) in [6.07, 6.45) is 1.42. The highest BCUT2D eigenvalue weighted by Gasteiger charge is 2.24. The highest BCUT2D eigenvalue weighted by atomic mass is 16.2. The Morgan fingerprint density at radius 3 is 1.96 bits per heavy atom. The predicted octanol–water partition coefficient (Wildman–Crippen LogP) is 2.13. The van der Waals surface area contributed by atoms with Gasteiger partial charge in [-0.3, -0.25) is 14.4 Å². The molecule has 2 aromatic rings. The summed E-state index contributed by atoms with van der Waals surface area (Å²) < 4.78 is 0. The molecule has 6 nitrogen and oxygen atoms in total. The van der Waals surface area contributed by atoms with E-state index in [4.69, 9.17) is 5.73 Å². The van der Waals surface area contributed by atoms with Crippen LogP contribution < -0.4 is 11.1 Å². The molecule has 0 atom stereocenters. The Morgan fingerprint density at radius 2 is 1.41 bits per heavy atom. The summed E-state index contributed by atoms with van der Waals surface area (Å²) in [5.41, 5.74) is 7.87. The summed E-state index contributed by atoms with van der Waals surface area (Å²) in [4.78, 5) is 37.8. The second-order valence-electron chi connectivity index (χ2n) is 6.85. The van der Waals surface area contributed by atoms with E-state index >= 15 is 0 Å².